The predicted octanol–water partition coefficient (Wildman–Crippen LogP) is 8.35. The molecular weight excluding hydrogens is 372 g/mol. The molecule has 0 aromatic carbocycles. The molecule has 1 N–H and O–H groups in total. The van der Waals surface area contributed by atoms with Crippen LogP contribution >= 0.6 is 0 Å². The van der Waals surface area contributed by atoms with Crippen LogP contribution in [0.5, 0.6) is 0 Å². The van der Waals surface area contributed by atoms with Gasteiger partial charge in [0.05, 0.1) is 0 Å². The Morgan fingerprint density at radius 3 is 1.40 bits per heavy atom. The number of hydrogen-bond donors (Lipinski definition) is 1. The summed E-state index contributed by atoms with van der Waals surface area (Å²) in [5.41, 5.74) is 0. The molecule has 0 fully saturated rings. The lowest BCUT2D eigenvalue weighted by atomic mass is 10.1. The molecule has 0 aromatic heterocycles. The van der Waals surface area contributed by atoms with Gasteiger partial charge in [-0.3, -0.25) is 0 Å². The van der Waals surface area contributed by atoms with Gasteiger partial charge in [0, 0.05) is 26.2 Å². The van der Waals surface area contributed by atoms with Gasteiger partial charge >= 0.3 is 0 Å². The van der Waals surface area contributed by atoms with E-state index in [9.17, 15) is 0 Å². The summed E-state index contributed by atoms with van der Waals surface area (Å²) in [5, 5.41) is 8.87. The third-order valence-corrected chi connectivity index (χ3v) is 5.63. The van der Waals surface area contributed by atoms with Crippen LogP contribution in [0.4, 0.5) is 0 Å². The van der Waals surface area contributed by atoms with Crippen molar-refractivity contribution in [3.8, 4) is 0 Å². The van der Waals surface area contributed by atoms with E-state index in [1.807, 2.05) is 6.08 Å². The number of ether oxygens (including phenoxy) is 2. The van der Waals surface area contributed by atoms with Crippen LogP contribution in [0.15, 0.2) is 12.2 Å². The van der Waals surface area contributed by atoms with E-state index < -0.39 is 0 Å². The van der Waals surface area contributed by atoms with Crippen molar-refractivity contribution in [1.82, 2.24) is 0 Å². The molecular formula is C27H54O3. The Labute approximate surface area is 189 Å². The quantitative estimate of drug-likeness (QED) is 0.0905. The first-order valence-electron chi connectivity index (χ1n) is 13.3. The van der Waals surface area contributed by atoms with E-state index in [4.69, 9.17) is 14.6 Å². The number of aliphatic hydroxyl groups excluding tert-OH is 1. The topological polar surface area (TPSA) is 38.7 Å². The van der Waals surface area contributed by atoms with Gasteiger partial charge in [-0.25, -0.2) is 0 Å². The second kappa shape index (κ2) is 26.7. The maximum absolute atomic E-state index is 8.87. The Morgan fingerprint density at radius 1 is 0.567 bits per heavy atom. The van der Waals surface area contributed by atoms with Crippen molar-refractivity contribution in [3.63, 3.8) is 0 Å². The highest BCUT2D eigenvalue weighted by molar-refractivity contribution is 4.81. The van der Waals surface area contributed by atoms with E-state index in [-0.39, 0.29) is 12.9 Å². The molecule has 0 bridgehead atoms. The van der Waals surface area contributed by atoms with Crippen LogP contribution in [0.1, 0.15) is 136 Å². The minimum absolute atomic E-state index is 0.0714. The first-order valence-corrected chi connectivity index (χ1v) is 13.3. The molecule has 0 aliphatic heterocycles. The maximum atomic E-state index is 8.87. The Bertz CT molecular complexity index is 308. The highest BCUT2D eigenvalue weighted by atomic mass is 16.7. The molecule has 180 valence electrons. The molecule has 0 aliphatic rings. The lowest BCUT2D eigenvalue weighted by Crippen LogP contribution is -2.18. The van der Waals surface area contributed by atoms with Crippen molar-refractivity contribution in [1.29, 1.82) is 0 Å². The lowest BCUT2D eigenvalue weighted by Gasteiger charge is -2.18. The van der Waals surface area contributed by atoms with Crippen molar-refractivity contribution >= 4 is 0 Å². The smallest absolute Gasteiger partial charge is 0.157 e. The van der Waals surface area contributed by atoms with E-state index in [0.29, 0.717) is 0 Å². The molecule has 0 saturated heterocycles. The molecule has 0 spiro atoms. The third kappa shape index (κ3) is 23.9. The summed E-state index contributed by atoms with van der Waals surface area (Å²) in [7, 11) is 0. The van der Waals surface area contributed by atoms with Gasteiger partial charge in [0.2, 0.25) is 0 Å². The van der Waals surface area contributed by atoms with Crippen LogP contribution < -0.4 is 0 Å². The zero-order valence-corrected chi connectivity index (χ0v) is 20.6. The minimum Gasteiger partial charge on any atom is -0.396 e. The molecule has 0 saturated carbocycles. The van der Waals surface area contributed by atoms with E-state index in [1.54, 1.807) is 0 Å². The number of rotatable bonds is 25. The van der Waals surface area contributed by atoms with Gasteiger partial charge in [-0.15, -0.1) is 0 Å². The summed E-state index contributed by atoms with van der Waals surface area (Å²) in [6.45, 7) is 6.40. The van der Waals surface area contributed by atoms with Gasteiger partial charge in [0.25, 0.3) is 0 Å². The standard InChI is InChI=1S/C27H54O3/c1-3-5-7-9-11-13-17-21-25-29-27(23-19-15-16-20-24-28)30-26-22-18-14-12-10-8-6-4-2/h15-16,27-28H,3-14,17-26H2,1-2H3/b16-15-. The van der Waals surface area contributed by atoms with Crippen LogP contribution in [0.3, 0.4) is 0 Å². The van der Waals surface area contributed by atoms with Crippen molar-refractivity contribution in [2.45, 2.75) is 142 Å². The van der Waals surface area contributed by atoms with E-state index in [2.05, 4.69) is 19.9 Å². The molecule has 0 unspecified atom stereocenters. The summed E-state index contributed by atoms with van der Waals surface area (Å²) in [4.78, 5) is 0. The Kier molecular flexibility index (Phi) is 26.3. The van der Waals surface area contributed by atoms with Crippen molar-refractivity contribution < 1.29 is 14.6 Å². The largest absolute Gasteiger partial charge is 0.396 e. The summed E-state index contributed by atoms with van der Waals surface area (Å²) >= 11 is 0. The van der Waals surface area contributed by atoms with Crippen molar-refractivity contribution in [3.05, 3.63) is 12.2 Å². The van der Waals surface area contributed by atoms with Gasteiger partial charge in [0.1, 0.15) is 0 Å². The molecule has 0 amide bonds. The van der Waals surface area contributed by atoms with Gasteiger partial charge < -0.3 is 14.6 Å². The number of allylic oxidation sites excluding steroid dienone is 1. The molecule has 3 nitrogen and oxygen atoms in total. The highest BCUT2D eigenvalue weighted by Gasteiger charge is 2.08. The van der Waals surface area contributed by atoms with Crippen molar-refractivity contribution in [2.75, 3.05) is 19.8 Å². The van der Waals surface area contributed by atoms with Crippen LogP contribution in [-0.2, 0) is 9.47 Å². The van der Waals surface area contributed by atoms with E-state index >= 15 is 0 Å². The predicted molar refractivity (Wildman–Crippen MR) is 131 cm³/mol. The first kappa shape index (κ1) is 29.6. The molecule has 0 aromatic rings. The van der Waals surface area contributed by atoms with E-state index in [1.165, 1.54) is 89.9 Å². The van der Waals surface area contributed by atoms with Crippen LogP contribution in [-0.4, -0.2) is 31.2 Å². The highest BCUT2D eigenvalue weighted by Crippen LogP contribution is 2.12. The zero-order valence-electron chi connectivity index (χ0n) is 20.6. The van der Waals surface area contributed by atoms with Crippen molar-refractivity contribution in [2.24, 2.45) is 0 Å². The summed E-state index contributed by atoms with van der Waals surface area (Å²) in [6.07, 6.45) is 27.9. The maximum Gasteiger partial charge on any atom is 0.157 e. The minimum atomic E-state index is -0.0714. The molecule has 0 atom stereocenters. The average molecular weight is 427 g/mol. The second-order valence-corrected chi connectivity index (χ2v) is 8.68. The second-order valence-electron chi connectivity index (χ2n) is 8.68. The van der Waals surface area contributed by atoms with Crippen LogP contribution in [0.2, 0.25) is 0 Å². The molecule has 0 radical (unpaired) electrons. The van der Waals surface area contributed by atoms with Gasteiger partial charge in [-0.05, 0) is 25.7 Å². The normalized spacial score (nSPS) is 11.9. The number of aliphatic hydroxyl groups is 1. The SMILES string of the molecule is CCCCCCCCCCOC(CC/C=C\CCO)OCCCCCCCCCC. The van der Waals surface area contributed by atoms with Crippen LogP contribution in [0.25, 0.3) is 0 Å². The molecule has 0 aliphatic carbocycles. The fraction of sp³-hybridized carbons (Fsp3) is 0.926. The fourth-order valence-corrected chi connectivity index (χ4v) is 3.66. The first-order chi connectivity index (χ1) is 14.8. The number of unbranched alkanes of at least 4 members (excludes halogenated alkanes) is 14. The Balaban J connectivity index is 3.80. The third-order valence-electron chi connectivity index (χ3n) is 5.63. The number of hydrogen-bond acceptors (Lipinski definition) is 3. The Hall–Kier alpha value is -0.380. The zero-order chi connectivity index (χ0) is 22.0. The molecule has 0 rings (SSSR count). The van der Waals surface area contributed by atoms with Gasteiger partial charge in [0.15, 0.2) is 6.29 Å². The van der Waals surface area contributed by atoms with Gasteiger partial charge in [-0.2, -0.15) is 0 Å². The molecule has 3 heteroatoms. The average Bonchev–Trinajstić information content (AvgIpc) is 2.76. The van der Waals surface area contributed by atoms with Crippen LogP contribution in [0, 0.1) is 0 Å². The summed E-state index contributed by atoms with van der Waals surface area (Å²) in [6, 6.07) is 0. The fourth-order valence-electron chi connectivity index (χ4n) is 3.66. The molecule has 30 heavy (non-hydrogen) atoms. The summed E-state index contributed by atoms with van der Waals surface area (Å²) < 4.78 is 12.1. The Morgan fingerprint density at radius 2 is 0.967 bits per heavy atom. The molecule has 0 heterocycles. The lowest BCUT2D eigenvalue weighted by molar-refractivity contribution is -0.146. The van der Waals surface area contributed by atoms with E-state index in [0.717, 1.165) is 45.3 Å². The van der Waals surface area contributed by atoms with Gasteiger partial charge in [-0.1, -0.05) is 116 Å². The summed E-state index contributed by atoms with van der Waals surface area (Å²) in [5.74, 6) is 0. The monoisotopic (exact) mass is 426 g/mol.